The highest BCUT2D eigenvalue weighted by molar-refractivity contribution is 7.90. The second kappa shape index (κ2) is 5.77. The van der Waals surface area contributed by atoms with E-state index in [2.05, 4.69) is 9.97 Å². The van der Waals surface area contributed by atoms with Crippen LogP contribution in [0.5, 0.6) is 0 Å². The van der Waals surface area contributed by atoms with E-state index in [9.17, 15) is 8.42 Å². The van der Waals surface area contributed by atoms with Crippen molar-refractivity contribution in [1.82, 2.24) is 18.9 Å². The zero-order valence-electron chi connectivity index (χ0n) is 14.2. The molecule has 27 heavy (non-hydrogen) atoms. The molecule has 1 N–H and O–H groups in total. The van der Waals surface area contributed by atoms with E-state index in [0.717, 1.165) is 16.2 Å². The van der Waals surface area contributed by atoms with Gasteiger partial charge in [-0.15, -0.1) is 11.3 Å². The van der Waals surface area contributed by atoms with Crippen LogP contribution < -0.4 is 0 Å². The predicted molar refractivity (Wildman–Crippen MR) is 106 cm³/mol. The van der Waals surface area contributed by atoms with Crippen molar-refractivity contribution in [3.63, 3.8) is 0 Å². The topological polar surface area (TPSA) is 80.6 Å². The molecule has 0 aliphatic rings. The highest BCUT2D eigenvalue weighted by Gasteiger charge is 2.21. The van der Waals surface area contributed by atoms with E-state index in [0.29, 0.717) is 16.6 Å². The molecule has 4 aromatic heterocycles. The van der Waals surface area contributed by atoms with Crippen molar-refractivity contribution in [3.8, 4) is 10.7 Å². The lowest BCUT2D eigenvalue weighted by Gasteiger charge is -2.06. The summed E-state index contributed by atoms with van der Waals surface area (Å²) in [6.07, 6.45) is 3.16. The Morgan fingerprint density at radius 3 is 2.63 bits per heavy atom. The van der Waals surface area contributed by atoms with Crippen LogP contribution in [-0.2, 0) is 10.0 Å². The normalized spacial score (nSPS) is 12.2. The minimum absolute atomic E-state index is 0.223. The Balaban J connectivity index is 1.71. The fourth-order valence-electron chi connectivity index (χ4n) is 3.11. The summed E-state index contributed by atoms with van der Waals surface area (Å²) in [7, 11) is -3.71. The van der Waals surface area contributed by atoms with Gasteiger partial charge in [-0.25, -0.2) is 22.4 Å². The van der Waals surface area contributed by atoms with E-state index in [1.165, 1.54) is 15.0 Å². The van der Waals surface area contributed by atoms with Crippen molar-refractivity contribution < 1.29 is 8.42 Å². The summed E-state index contributed by atoms with van der Waals surface area (Å²) in [5, 5.41) is 0.697. The maximum atomic E-state index is 13.0. The number of aromatic amines is 1. The number of H-pyrrole nitrogens is 1. The SMILES string of the molecule is Cc1ccc(-c2nc3c(cnc4c3ccn4S(=O)(=O)c3ccccc3)[nH]2)s1. The van der Waals surface area contributed by atoms with Crippen molar-refractivity contribution in [1.29, 1.82) is 0 Å². The van der Waals surface area contributed by atoms with E-state index >= 15 is 0 Å². The molecule has 8 heteroatoms. The van der Waals surface area contributed by atoms with Gasteiger partial charge in [0.25, 0.3) is 10.0 Å². The number of nitrogens with zero attached hydrogens (tertiary/aromatic N) is 3. The van der Waals surface area contributed by atoms with Gasteiger partial charge < -0.3 is 4.98 Å². The average Bonchev–Trinajstić information content (AvgIpc) is 3.38. The number of fused-ring (bicyclic) bond motifs is 3. The Bertz CT molecular complexity index is 1400. The molecular formula is C19H14N4O2S2. The first kappa shape index (κ1) is 16.2. The number of pyridine rings is 1. The van der Waals surface area contributed by atoms with Gasteiger partial charge in [-0.3, -0.25) is 0 Å². The lowest BCUT2D eigenvalue weighted by Crippen LogP contribution is -2.12. The molecule has 0 spiro atoms. The zero-order valence-corrected chi connectivity index (χ0v) is 15.9. The summed E-state index contributed by atoms with van der Waals surface area (Å²) >= 11 is 1.65. The first-order chi connectivity index (χ1) is 13.0. The zero-order chi connectivity index (χ0) is 18.6. The average molecular weight is 394 g/mol. The number of hydrogen-bond donors (Lipinski definition) is 1. The van der Waals surface area contributed by atoms with Crippen molar-refractivity contribution in [2.75, 3.05) is 0 Å². The van der Waals surface area contributed by atoms with Crippen LogP contribution in [0.3, 0.4) is 0 Å². The molecule has 1 aromatic carbocycles. The quantitative estimate of drug-likeness (QED) is 0.498. The molecule has 5 rings (SSSR count). The Kier molecular flexibility index (Phi) is 3.46. The summed E-state index contributed by atoms with van der Waals surface area (Å²) in [4.78, 5) is 14.8. The Morgan fingerprint density at radius 1 is 1.07 bits per heavy atom. The monoisotopic (exact) mass is 394 g/mol. The summed E-state index contributed by atoms with van der Waals surface area (Å²) < 4.78 is 27.2. The fourth-order valence-corrected chi connectivity index (χ4v) is 5.24. The first-order valence-electron chi connectivity index (χ1n) is 8.27. The van der Waals surface area contributed by atoms with Crippen LogP contribution in [0.25, 0.3) is 32.8 Å². The molecule has 0 fully saturated rings. The summed E-state index contributed by atoms with van der Waals surface area (Å²) in [6.45, 7) is 2.05. The maximum Gasteiger partial charge on any atom is 0.269 e. The second-order valence-electron chi connectivity index (χ2n) is 6.18. The second-order valence-corrected chi connectivity index (χ2v) is 9.29. The molecule has 0 bridgehead atoms. The summed E-state index contributed by atoms with van der Waals surface area (Å²) in [5.74, 6) is 0.760. The lowest BCUT2D eigenvalue weighted by atomic mass is 10.3. The van der Waals surface area contributed by atoms with Gasteiger partial charge in [0.05, 0.1) is 21.5 Å². The van der Waals surface area contributed by atoms with Crippen LogP contribution in [-0.4, -0.2) is 27.3 Å². The number of rotatable bonds is 3. The van der Waals surface area contributed by atoms with Crippen LogP contribution in [0.1, 0.15) is 4.88 Å². The number of thiophene rings is 1. The van der Waals surface area contributed by atoms with Crippen molar-refractivity contribution >= 4 is 43.4 Å². The van der Waals surface area contributed by atoms with E-state index in [4.69, 9.17) is 4.98 Å². The lowest BCUT2D eigenvalue weighted by molar-refractivity contribution is 0.589. The standard InChI is InChI=1S/C19H14N4O2S2/c1-12-7-8-16(26-12)18-21-15-11-20-19-14(17(15)22-18)9-10-23(19)27(24,25)13-5-3-2-4-6-13/h2-11H,1H3,(H,21,22). The first-order valence-corrected chi connectivity index (χ1v) is 10.5. The largest absolute Gasteiger partial charge is 0.336 e. The van der Waals surface area contributed by atoms with Crippen molar-refractivity contribution in [2.45, 2.75) is 11.8 Å². The molecule has 0 atom stereocenters. The van der Waals surface area contributed by atoms with Gasteiger partial charge in [-0.1, -0.05) is 18.2 Å². The Morgan fingerprint density at radius 2 is 1.89 bits per heavy atom. The molecule has 0 aliphatic heterocycles. The maximum absolute atomic E-state index is 13.0. The third-order valence-corrected chi connectivity index (χ3v) is 7.09. The number of imidazole rings is 1. The van der Waals surface area contributed by atoms with Crippen molar-refractivity contribution in [2.24, 2.45) is 0 Å². The van der Waals surface area contributed by atoms with E-state index in [-0.39, 0.29) is 4.90 Å². The van der Waals surface area contributed by atoms with Crippen LogP contribution in [0.4, 0.5) is 0 Å². The van der Waals surface area contributed by atoms with Gasteiger partial charge in [0.15, 0.2) is 5.65 Å². The van der Waals surface area contributed by atoms with Crippen LogP contribution in [0.2, 0.25) is 0 Å². The van der Waals surface area contributed by atoms with Gasteiger partial charge in [-0.05, 0) is 37.3 Å². The molecule has 6 nitrogen and oxygen atoms in total. The Labute approximate surface area is 159 Å². The van der Waals surface area contributed by atoms with E-state index in [1.807, 2.05) is 19.1 Å². The molecule has 4 heterocycles. The van der Waals surface area contributed by atoms with Gasteiger partial charge in [0, 0.05) is 16.5 Å². The third kappa shape index (κ3) is 2.48. The molecule has 134 valence electrons. The molecule has 0 radical (unpaired) electrons. The molecule has 5 aromatic rings. The van der Waals surface area contributed by atoms with E-state index < -0.39 is 10.0 Å². The van der Waals surface area contributed by atoms with Gasteiger partial charge in [0.2, 0.25) is 0 Å². The van der Waals surface area contributed by atoms with Crippen LogP contribution in [0.15, 0.2) is 65.8 Å². The van der Waals surface area contributed by atoms with Crippen molar-refractivity contribution in [3.05, 3.63) is 65.8 Å². The minimum atomic E-state index is -3.71. The molecule has 0 saturated heterocycles. The molecule has 0 saturated carbocycles. The predicted octanol–water partition coefficient (Wildman–Crippen LogP) is 4.19. The van der Waals surface area contributed by atoms with Crippen LogP contribution in [0, 0.1) is 6.92 Å². The fraction of sp³-hybridized carbons (Fsp3) is 0.0526. The molecular weight excluding hydrogens is 380 g/mol. The smallest absolute Gasteiger partial charge is 0.269 e. The van der Waals surface area contributed by atoms with Crippen LogP contribution >= 0.6 is 11.3 Å². The van der Waals surface area contributed by atoms with Gasteiger partial charge >= 0.3 is 0 Å². The third-order valence-electron chi connectivity index (χ3n) is 4.40. The number of aryl methyl sites for hydroxylation is 1. The van der Waals surface area contributed by atoms with E-state index in [1.54, 1.807) is 53.9 Å². The number of benzene rings is 1. The highest BCUT2D eigenvalue weighted by atomic mass is 32.2. The Hall–Kier alpha value is -2.97. The highest BCUT2D eigenvalue weighted by Crippen LogP contribution is 2.31. The number of hydrogen-bond acceptors (Lipinski definition) is 5. The number of aromatic nitrogens is 4. The number of nitrogens with one attached hydrogen (secondary N) is 1. The molecule has 0 aliphatic carbocycles. The summed E-state index contributed by atoms with van der Waals surface area (Å²) in [6, 6.07) is 14.1. The van der Waals surface area contributed by atoms with Gasteiger partial charge in [-0.2, -0.15) is 0 Å². The van der Waals surface area contributed by atoms with Gasteiger partial charge in [0.1, 0.15) is 11.3 Å². The summed E-state index contributed by atoms with van der Waals surface area (Å²) in [5.41, 5.74) is 1.85. The molecule has 0 amide bonds. The molecule has 0 unspecified atom stereocenters. The minimum Gasteiger partial charge on any atom is -0.336 e.